The van der Waals surface area contributed by atoms with E-state index in [1.165, 1.54) is 25.8 Å². The summed E-state index contributed by atoms with van der Waals surface area (Å²) in [5, 5.41) is 3.06. The zero-order valence-electron chi connectivity index (χ0n) is 17.2. The number of para-hydroxylation sites is 2. The van der Waals surface area contributed by atoms with Gasteiger partial charge < -0.3 is 15.2 Å². The lowest BCUT2D eigenvalue weighted by Crippen LogP contribution is -2.39. The quantitative estimate of drug-likeness (QED) is 0.596. The molecule has 4 rings (SSSR count). The first kappa shape index (κ1) is 19.6. The molecule has 5 nitrogen and oxygen atoms in total. The summed E-state index contributed by atoms with van der Waals surface area (Å²) in [6.45, 7) is 5.30. The second-order valence-corrected chi connectivity index (χ2v) is 8.06. The summed E-state index contributed by atoms with van der Waals surface area (Å²) in [4.78, 5) is 22.9. The molecule has 1 amide bonds. The van der Waals surface area contributed by atoms with Crippen LogP contribution in [0.2, 0.25) is 0 Å². The Balaban J connectivity index is 1.25. The predicted octanol–water partition coefficient (Wildman–Crippen LogP) is 4.15. The lowest BCUT2D eigenvalue weighted by Gasteiger charge is -2.33. The summed E-state index contributed by atoms with van der Waals surface area (Å²) in [5.74, 6) is 0.947. The number of imidazole rings is 1. The molecule has 1 saturated heterocycles. The largest absolute Gasteiger partial charge is 0.352 e. The molecule has 3 aromatic rings. The average molecular weight is 391 g/mol. The first-order valence-electron chi connectivity index (χ1n) is 10.7. The lowest BCUT2D eigenvalue weighted by molar-refractivity contribution is 0.0949. The van der Waals surface area contributed by atoms with Crippen LogP contribution in [0.4, 0.5) is 0 Å². The minimum absolute atomic E-state index is 0.00646. The minimum Gasteiger partial charge on any atom is -0.352 e. The molecule has 0 spiro atoms. The Bertz CT molecular complexity index is 914. The van der Waals surface area contributed by atoms with Gasteiger partial charge in [-0.25, -0.2) is 4.98 Å². The molecule has 0 bridgehead atoms. The number of hydrogen-bond donors (Lipinski definition) is 2. The van der Waals surface area contributed by atoms with Crippen molar-refractivity contribution in [2.75, 3.05) is 19.6 Å². The second kappa shape index (κ2) is 9.23. The number of likely N-dealkylation sites (tertiary alicyclic amines) is 1. The summed E-state index contributed by atoms with van der Waals surface area (Å²) in [6.07, 6.45) is 5.68. The van der Waals surface area contributed by atoms with Gasteiger partial charge in [0.25, 0.3) is 5.91 Å². The molecule has 1 atom stereocenters. The van der Waals surface area contributed by atoms with Crippen LogP contribution in [0.15, 0.2) is 48.5 Å². The maximum absolute atomic E-state index is 12.4. The van der Waals surface area contributed by atoms with E-state index in [1.807, 2.05) is 48.5 Å². The number of amides is 1. The van der Waals surface area contributed by atoms with Gasteiger partial charge in [0.1, 0.15) is 5.82 Å². The number of rotatable bonds is 7. The number of carbonyl (C=O) groups is 1. The van der Waals surface area contributed by atoms with Crippen LogP contribution in [0.1, 0.15) is 54.4 Å². The molecule has 0 radical (unpaired) electrons. The van der Waals surface area contributed by atoms with Crippen molar-refractivity contribution in [3.05, 3.63) is 65.5 Å². The van der Waals surface area contributed by atoms with Gasteiger partial charge in [-0.3, -0.25) is 4.79 Å². The molecule has 1 aliphatic rings. The van der Waals surface area contributed by atoms with Crippen LogP contribution < -0.4 is 5.32 Å². The Hall–Kier alpha value is -2.66. The highest BCUT2D eigenvalue weighted by molar-refractivity contribution is 5.94. The minimum atomic E-state index is 0.00646. The summed E-state index contributed by atoms with van der Waals surface area (Å²) < 4.78 is 0. The average Bonchev–Trinajstić information content (AvgIpc) is 3.15. The molecule has 29 heavy (non-hydrogen) atoms. The van der Waals surface area contributed by atoms with Crippen LogP contribution in [0.3, 0.4) is 0 Å². The molecule has 1 aliphatic heterocycles. The molecule has 2 N–H and O–H groups in total. The Kier molecular flexibility index (Phi) is 6.25. The van der Waals surface area contributed by atoms with Crippen LogP contribution in [-0.4, -0.2) is 46.5 Å². The number of piperidine rings is 1. The van der Waals surface area contributed by atoms with Gasteiger partial charge in [0.15, 0.2) is 0 Å². The van der Waals surface area contributed by atoms with E-state index in [0.717, 1.165) is 48.4 Å². The first-order chi connectivity index (χ1) is 14.2. The number of hydrogen-bond acceptors (Lipinski definition) is 3. The highest BCUT2D eigenvalue weighted by Gasteiger charge is 2.17. The summed E-state index contributed by atoms with van der Waals surface area (Å²) in [6, 6.07) is 16.5. The maximum Gasteiger partial charge on any atom is 0.251 e. The maximum atomic E-state index is 12.4. The fourth-order valence-electron chi connectivity index (χ4n) is 4.13. The van der Waals surface area contributed by atoms with E-state index in [1.54, 1.807) is 0 Å². The summed E-state index contributed by atoms with van der Waals surface area (Å²) >= 11 is 0. The predicted molar refractivity (Wildman–Crippen MR) is 117 cm³/mol. The van der Waals surface area contributed by atoms with Gasteiger partial charge in [-0.2, -0.15) is 0 Å². The Morgan fingerprint density at radius 3 is 2.79 bits per heavy atom. The number of benzene rings is 2. The molecular formula is C24H30N4O. The lowest BCUT2D eigenvalue weighted by atomic mass is 10.0. The van der Waals surface area contributed by atoms with E-state index in [2.05, 4.69) is 27.1 Å². The van der Waals surface area contributed by atoms with Crippen molar-refractivity contribution in [1.29, 1.82) is 0 Å². The third-order valence-electron chi connectivity index (χ3n) is 5.87. The van der Waals surface area contributed by atoms with Crippen molar-refractivity contribution in [3.63, 3.8) is 0 Å². The van der Waals surface area contributed by atoms with Gasteiger partial charge in [0.05, 0.1) is 11.0 Å². The molecule has 1 unspecified atom stereocenters. The third kappa shape index (κ3) is 5.04. The SMILES string of the molecule is CC1CCCCN1CCCNC(=O)c1ccc(Cc2nc3ccccc3[nH]2)cc1. The highest BCUT2D eigenvalue weighted by atomic mass is 16.1. The van der Waals surface area contributed by atoms with Gasteiger partial charge in [-0.15, -0.1) is 0 Å². The number of fused-ring (bicyclic) bond motifs is 1. The molecule has 1 aromatic heterocycles. The molecule has 2 heterocycles. The fraction of sp³-hybridized carbons (Fsp3) is 0.417. The molecule has 2 aromatic carbocycles. The number of H-pyrrole nitrogens is 1. The van der Waals surface area contributed by atoms with Gasteiger partial charge in [0, 0.05) is 31.1 Å². The molecular weight excluding hydrogens is 360 g/mol. The zero-order chi connectivity index (χ0) is 20.1. The number of nitrogens with one attached hydrogen (secondary N) is 2. The van der Waals surface area contributed by atoms with E-state index < -0.39 is 0 Å². The van der Waals surface area contributed by atoms with Crippen LogP contribution in [0, 0.1) is 0 Å². The van der Waals surface area contributed by atoms with Gasteiger partial charge in [-0.05, 0) is 62.6 Å². The van der Waals surface area contributed by atoms with Crippen molar-refractivity contribution in [2.45, 2.75) is 45.1 Å². The standard InChI is InChI=1S/C24H30N4O/c1-18-7-4-5-15-28(18)16-6-14-25-24(29)20-12-10-19(11-13-20)17-23-26-21-8-2-3-9-22(21)27-23/h2-3,8-13,18H,4-7,14-17H2,1H3,(H,25,29)(H,26,27). The third-order valence-corrected chi connectivity index (χ3v) is 5.87. The van der Waals surface area contributed by atoms with Gasteiger partial charge in [0.2, 0.25) is 0 Å². The molecule has 5 heteroatoms. The number of carbonyl (C=O) groups excluding carboxylic acids is 1. The smallest absolute Gasteiger partial charge is 0.251 e. The van der Waals surface area contributed by atoms with Gasteiger partial charge >= 0.3 is 0 Å². The molecule has 0 saturated carbocycles. The van der Waals surface area contributed by atoms with Crippen LogP contribution >= 0.6 is 0 Å². The number of aromatic nitrogens is 2. The first-order valence-corrected chi connectivity index (χ1v) is 10.7. The topological polar surface area (TPSA) is 61.0 Å². The Morgan fingerprint density at radius 2 is 2.00 bits per heavy atom. The number of aromatic amines is 1. The normalized spacial score (nSPS) is 17.5. The highest BCUT2D eigenvalue weighted by Crippen LogP contribution is 2.16. The second-order valence-electron chi connectivity index (χ2n) is 8.06. The van der Waals surface area contributed by atoms with E-state index in [-0.39, 0.29) is 5.91 Å². The van der Waals surface area contributed by atoms with Crippen LogP contribution in [0.25, 0.3) is 11.0 Å². The molecule has 0 aliphatic carbocycles. The van der Waals surface area contributed by atoms with E-state index in [4.69, 9.17) is 0 Å². The van der Waals surface area contributed by atoms with Crippen LogP contribution in [0.5, 0.6) is 0 Å². The van der Waals surface area contributed by atoms with Crippen molar-refractivity contribution < 1.29 is 4.79 Å². The van der Waals surface area contributed by atoms with Gasteiger partial charge in [-0.1, -0.05) is 30.7 Å². The van der Waals surface area contributed by atoms with Crippen molar-refractivity contribution in [1.82, 2.24) is 20.2 Å². The number of nitrogens with zero attached hydrogens (tertiary/aromatic N) is 2. The zero-order valence-corrected chi connectivity index (χ0v) is 17.2. The fourth-order valence-corrected chi connectivity index (χ4v) is 4.13. The monoisotopic (exact) mass is 390 g/mol. The molecule has 152 valence electrons. The van der Waals surface area contributed by atoms with Crippen molar-refractivity contribution >= 4 is 16.9 Å². The van der Waals surface area contributed by atoms with E-state index in [9.17, 15) is 4.79 Å². The van der Waals surface area contributed by atoms with Crippen molar-refractivity contribution in [2.24, 2.45) is 0 Å². The Labute approximate surface area is 172 Å². The summed E-state index contributed by atoms with van der Waals surface area (Å²) in [5.41, 5.74) is 3.89. The summed E-state index contributed by atoms with van der Waals surface area (Å²) in [7, 11) is 0. The van der Waals surface area contributed by atoms with E-state index in [0.29, 0.717) is 11.6 Å². The Morgan fingerprint density at radius 1 is 1.17 bits per heavy atom. The van der Waals surface area contributed by atoms with E-state index >= 15 is 0 Å². The van der Waals surface area contributed by atoms with Crippen molar-refractivity contribution in [3.8, 4) is 0 Å². The van der Waals surface area contributed by atoms with Crippen LogP contribution in [-0.2, 0) is 6.42 Å². The molecule has 1 fully saturated rings.